The normalized spacial score (nSPS) is 27.8. The molecular formula is C14H27NO. The highest BCUT2D eigenvalue weighted by atomic mass is 16.3. The van der Waals surface area contributed by atoms with Crippen LogP contribution in [0.4, 0.5) is 0 Å². The topological polar surface area (TPSA) is 23.5 Å². The van der Waals surface area contributed by atoms with Gasteiger partial charge in [-0.1, -0.05) is 25.7 Å². The predicted octanol–water partition coefficient (Wildman–Crippen LogP) is 2.66. The highest BCUT2D eigenvalue weighted by Crippen LogP contribution is 2.49. The zero-order chi connectivity index (χ0) is 11.6. The molecule has 1 atom stereocenters. The summed E-state index contributed by atoms with van der Waals surface area (Å²) in [4.78, 5) is 2.39. The molecule has 2 rings (SSSR count). The number of aliphatic hydroxyl groups is 1. The van der Waals surface area contributed by atoms with Gasteiger partial charge in [-0.25, -0.2) is 0 Å². The second-order valence-corrected chi connectivity index (χ2v) is 6.18. The van der Waals surface area contributed by atoms with Gasteiger partial charge in [0.25, 0.3) is 0 Å². The van der Waals surface area contributed by atoms with Crippen molar-refractivity contribution in [3.8, 4) is 0 Å². The van der Waals surface area contributed by atoms with Gasteiger partial charge < -0.3 is 10.0 Å². The molecule has 0 aliphatic heterocycles. The Morgan fingerprint density at radius 1 is 1.12 bits per heavy atom. The van der Waals surface area contributed by atoms with E-state index in [9.17, 15) is 5.11 Å². The van der Waals surface area contributed by atoms with Crippen LogP contribution in [0.3, 0.4) is 0 Å². The lowest BCUT2D eigenvalue weighted by atomic mass is 9.59. The van der Waals surface area contributed by atoms with Crippen LogP contribution in [0.1, 0.15) is 51.4 Å². The first-order chi connectivity index (χ1) is 7.69. The molecule has 0 amide bonds. The summed E-state index contributed by atoms with van der Waals surface area (Å²) in [7, 11) is 4.41. The zero-order valence-electron chi connectivity index (χ0n) is 10.9. The average molecular weight is 225 g/mol. The van der Waals surface area contributed by atoms with Crippen molar-refractivity contribution in [2.45, 2.75) is 57.4 Å². The number of hydrogen-bond acceptors (Lipinski definition) is 2. The first kappa shape index (κ1) is 12.4. The molecule has 0 heterocycles. The Morgan fingerprint density at radius 2 is 1.75 bits per heavy atom. The lowest BCUT2D eigenvalue weighted by molar-refractivity contribution is -0.0598. The molecule has 0 radical (unpaired) electrons. The van der Waals surface area contributed by atoms with Gasteiger partial charge in [-0.2, -0.15) is 0 Å². The predicted molar refractivity (Wildman–Crippen MR) is 67.4 cm³/mol. The summed E-state index contributed by atoms with van der Waals surface area (Å²) in [5.74, 6) is 0.830. The fourth-order valence-corrected chi connectivity index (χ4v) is 4.10. The smallest absolute Gasteiger partial charge is 0.0502 e. The Kier molecular flexibility index (Phi) is 3.91. The molecule has 0 aromatic carbocycles. The molecule has 2 aliphatic carbocycles. The van der Waals surface area contributed by atoms with Gasteiger partial charge in [0.15, 0.2) is 0 Å². The molecule has 16 heavy (non-hydrogen) atoms. The fourth-order valence-electron chi connectivity index (χ4n) is 4.10. The number of aliphatic hydroxyl groups excluding tert-OH is 1. The van der Waals surface area contributed by atoms with Crippen molar-refractivity contribution in [1.29, 1.82) is 0 Å². The van der Waals surface area contributed by atoms with Gasteiger partial charge in [-0.3, -0.25) is 0 Å². The van der Waals surface area contributed by atoms with Crippen molar-refractivity contribution in [2.75, 3.05) is 20.7 Å². The van der Waals surface area contributed by atoms with E-state index in [-0.39, 0.29) is 5.41 Å². The van der Waals surface area contributed by atoms with E-state index in [2.05, 4.69) is 19.0 Å². The van der Waals surface area contributed by atoms with Crippen LogP contribution in [0.5, 0.6) is 0 Å². The maximum absolute atomic E-state index is 9.76. The van der Waals surface area contributed by atoms with Crippen molar-refractivity contribution >= 4 is 0 Å². The molecular weight excluding hydrogens is 198 g/mol. The summed E-state index contributed by atoms with van der Waals surface area (Å²) in [6.07, 6.45) is 10.8. The molecule has 2 fully saturated rings. The molecule has 0 aromatic rings. The fraction of sp³-hybridized carbons (Fsp3) is 1.00. The Bertz CT molecular complexity index is 211. The molecule has 1 unspecified atom stereocenters. The maximum Gasteiger partial charge on any atom is 0.0502 e. The Morgan fingerprint density at radius 3 is 2.12 bits per heavy atom. The van der Waals surface area contributed by atoms with Crippen LogP contribution in [0, 0.1) is 11.3 Å². The van der Waals surface area contributed by atoms with E-state index in [1.54, 1.807) is 0 Å². The highest BCUT2D eigenvalue weighted by Gasteiger charge is 2.47. The molecule has 2 nitrogen and oxygen atoms in total. The quantitative estimate of drug-likeness (QED) is 0.795. The van der Waals surface area contributed by atoms with Crippen molar-refractivity contribution in [2.24, 2.45) is 11.3 Å². The zero-order valence-corrected chi connectivity index (χ0v) is 10.9. The van der Waals surface area contributed by atoms with E-state index in [1.165, 1.54) is 51.4 Å². The minimum atomic E-state index is 0.242. The Labute approximate surface area is 100 Å². The second-order valence-electron chi connectivity index (χ2n) is 6.18. The van der Waals surface area contributed by atoms with Crippen LogP contribution in [-0.4, -0.2) is 36.8 Å². The van der Waals surface area contributed by atoms with E-state index >= 15 is 0 Å². The van der Waals surface area contributed by atoms with Crippen molar-refractivity contribution in [3.63, 3.8) is 0 Å². The molecule has 2 heteroatoms. The van der Waals surface area contributed by atoms with Crippen LogP contribution in [0.2, 0.25) is 0 Å². The molecule has 2 saturated carbocycles. The van der Waals surface area contributed by atoms with Gasteiger partial charge in [-0.15, -0.1) is 0 Å². The summed E-state index contributed by atoms with van der Waals surface area (Å²) in [6, 6.07) is 0.617. The number of hydrogen-bond donors (Lipinski definition) is 1. The molecule has 1 N–H and O–H groups in total. The molecule has 2 aliphatic rings. The SMILES string of the molecule is CN(C)C(C1CCCCC1)C1(CO)CCC1. The van der Waals surface area contributed by atoms with Gasteiger partial charge in [-0.05, 0) is 45.7 Å². The van der Waals surface area contributed by atoms with Crippen molar-refractivity contribution < 1.29 is 5.11 Å². The monoisotopic (exact) mass is 225 g/mol. The minimum absolute atomic E-state index is 0.242. The molecule has 0 saturated heterocycles. The maximum atomic E-state index is 9.76. The third kappa shape index (κ3) is 2.14. The summed E-state index contributed by atoms with van der Waals surface area (Å²) in [5, 5.41) is 9.76. The van der Waals surface area contributed by atoms with Crippen LogP contribution in [-0.2, 0) is 0 Å². The first-order valence-corrected chi connectivity index (χ1v) is 6.97. The van der Waals surface area contributed by atoms with Crippen molar-refractivity contribution in [1.82, 2.24) is 4.90 Å². The third-order valence-electron chi connectivity index (χ3n) is 4.94. The van der Waals surface area contributed by atoms with Crippen LogP contribution in [0.25, 0.3) is 0 Å². The van der Waals surface area contributed by atoms with E-state index in [0.717, 1.165) is 5.92 Å². The average Bonchev–Trinajstić information content (AvgIpc) is 2.24. The van der Waals surface area contributed by atoms with E-state index in [4.69, 9.17) is 0 Å². The van der Waals surface area contributed by atoms with Crippen LogP contribution in [0.15, 0.2) is 0 Å². The summed E-state index contributed by atoms with van der Waals surface area (Å²) in [5.41, 5.74) is 0.242. The summed E-state index contributed by atoms with van der Waals surface area (Å²) in [6.45, 7) is 0.395. The first-order valence-electron chi connectivity index (χ1n) is 6.97. The van der Waals surface area contributed by atoms with Gasteiger partial charge in [0, 0.05) is 11.5 Å². The Balaban J connectivity index is 2.09. The van der Waals surface area contributed by atoms with E-state index in [0.29, 0.717) is 12.6 Å². The van der Waals surface area contributed by atoms with Crippen LogP contribution < -0.4 is 0 Å². The van der Waals surface area contributed by atoms with Gasteiger partial charge in [0.1, 0.15) is 0 Å². The number of rotatable bonds is 4. The van der Waals surface area contributed by atoms with E-state index < -0.39 is 0 Å². The highest BCUT2D eigenvalue weighted by molar-refractivity contribution is 5.00. The second kappa shape index (κ2) is 5.05. The van der Waals surface area contributed by atoms with Crippen LogP contribution >= 0.6 is 0 Å². The largest absolute Gasteiger partial charge is 0.396 e. The third-order valence-corrected chi connectivity index (χ3v) is 4.94. The van der Waals surface area contributed by atoms with Gasteiger partial charge >= 0.3 is 0 Å². The van der Waals surface area contributed by atoms with E-state index in [1.807, 2.05) is 0 Å². The van der Waals surface area contributed by atoms with Crippen molar-refractivity contribution in [3.05, 3.63) is 0 Å². The van der Waals surface area contributed by atoms with Gasteiger partial charge in [0.05, 0.1) is 6.61 Å². The molecule has 0 aromatic heterocycles. The summed E-state index contributed by atoms with van der Waals surface area (Å²) < 4.78 is 0. The summed E-state index contributed by atoms with van der Waals surface area (Å²) >= 11 is 0. The lowest BCUT2D eigenvalue weighted by Gasteiger charge is -2.53. The standard InChI is InChI=1S/C14H27NO/c1-15(2)13(12-7-4-3-5-8-12)14(11-16)9-6-10-14/h12-13,16H,3-11H2,1-2H3. The molecule has 94 valence electrons. The minimum Gasteiger partial charge on any atom is -0.396 e. The van der Waals surface area contributed by atoms with Gasteiger partial charge in [0.2, 0.25) is 0 Å². The molecule has 0 spiro atoms. The number of nitrogens with zero attached hydrogens (tertiary/aromatic N) is 1. The molecule has 0 bridgehead atoms. The lowest BCUT2D eigenvalue weighted by Crippen LogP contribution is -2.55. The Hall–Kier alpha value is -0.0800.